The number of ether oxygens (including phenoxy) is 2. The van der Waals surface area contributed by atoms with Crippen molar-refractivity contribution in [3.05, 3.63) is 47.0 Å². The second kappa shape index (κ2) is 3.23. The van der Waals surface area contributed by atoms with Crippen LogP contribution in [-0.2, 0) is 14.3 Å². The summed E-state index contributed by atoms with van der Waals surface area (Å²) in [6.07, 6.45) is 4.00. The third kappa shape index (κ3) is 1.02. The van der Waals surface area contributed by atoms with Gasteiger partial charge in [0.2, 0.25) is 0 Å². The summed E-state index contributed by atoms with van der Waals surface area (Å²) in [5.74, 6) is -0.342. The lowest BCUT2D eigenvalue weighted by Crippen LogP contribution is -2.39. The number of rotatable bonds is 2. The van der Waals surface area contributed by atoms with Gasteiger partial charge < -0.3 is 9.47 Å². The molecular weight excluding hydrogens is 292 g/mol. The van der Waals surface area contributed by atoms with E-state index in [4.69, 9.17) is 21.1 Å². The SMILES string of the molecule is O=C1OC[C@@]23C=C[C@@H](O2)[C@]2(C(=O)c4ccc(Cl)cc4)C[C@]132. The van der Waals surface area contributed by atoms with Crippen LogP contribution in [0, 0.1) is 10.8 Å². The van der Waals surface area contributed by atoms with Crippen LogP contribution in [0.5, 0.6) is 0 Å². The Bertz CT molecular complexity index is 739. The lowest BCUT2D eigenvalue weighted by molar-refractivity contribution is -0.143. The van der Waals surface area contributed by atoms with Gasteiger partial charge in [0.05, 0.1) is 11.5 Å². The normalized spacial score (nSPS) is 44.4. The largest absolute Gasteiger partial charge is 0.462 e. The van der Waals surface area contributed by atoms with Crippen LogP contribution in [0.3, 0.4) is 0 Å². The van der Waals surface area contributed by atoms with E-state index in [-0.39, 0.29) is 24.5 Å². The van der Waals surface area contributed by atoms with Crippen molar-refractivity contribution in [2.45, 2.75) is 18.1 Å². The Morgan fingerprint density at radius 2 is 2.05 bits per heavy atom. The maximum absolute atomic E-state index is 13.0. The topological polar surface area (TPSA) is 52.6 Å². The number of benzene rings is 1. The summed E-state index contributed by atoms with van der Waals surface area (Å²) in [5.41, 5.74) is -1.76. The quantitative estimate of drug-likeness (QED) is 0.477. The molecular formula is C16H11ClO4. The van der Waals surface area contributed by atoms with Crippen molar-refractivity contribution in [3.8, 4) is 0 Å². The van der Waals surface area contributed by atoms with Crippen LogP contribution < -0.4 is 0 Å². The first-order chi connectivity index (χ1) is 10.1. The van der Waals surface area contributed by atoms with Crippen LogP contribution in [0.1, 0.15) is 16.8 Å². The average molecular weight is 303 g/mol. The van der Waals surface area contributed by atoms with Gasteiger partial charge in [-0.05, 0) is 36.8 Å². The number of esters is 1. The van der Waals surface area contributed by atoms with Gasteiger partial charge in [0.25, 0.3) is 0 Å². The van der Waals surface area contributed by atoms with Gasteiger partial charge in [0.15, 0.2) is 5.78 Å². The molecule has 2 bridgehead atoms. The molecule has 1 saturated carbocycles. The molecule has 3 heterocycles. The third-order valence-corrected chi connectivity index (χ3v) is 5.80. The van der Waals surface area contributed by atoms with Crippen molar-refractivity contribution in [1.82, 2.24) is 0 Å². The molecule has 4 atom stereocenters. The first-order valence-corrected chi connectivity index (χ1v) is 7.28. The average Bonchev–Trinajstić information content (AvgIpc) is 2.82. The van der Waals surface area contributed by atoms with E-state index in [0.717, 1.165) is 0 Å². The standard InChI is InChI=1S/C16H11ClO4/c17-10-3-1-9(2-4-10)12(18)15-7-16(15)13(19)20-8-14(16)6-5-11(15)21-14/h1-6,11H,7-8H2/t11-,14-,15+,16+/m1/s1. The molecule has 1 aliphatic carbocycles. The molecule has 2 saturated heterocycles. The highest BCUT2D eigenvalue weighted by molar-refractivity contribution is 6.30. The number of hydrogen-bond donors (Lipinski definition) is 0. The van der Waals surface area contributed by atoms with Gasteiger partial charge in [-0.25, -0.2) is 0 Å². The molecule has 106 valence electrons. The van der Waals surface area contributed by atoms with E-state index in [9.17, 15) is 9.59 Å². The molecule has 3 fully saturated rings. The summed E-state index contributed by atoms with van der Waals surface area (Å²) in [4.78, 5) is 25.3. The lowest BCUT2D eigenvalue weighted by atomic mass is 9.74. The highest BCUT2D eigenvalue weighted by Crippen LogP contribution is 2.82. The Morgan fingerprint density at radius 3 is 2.81 bits per heavy atom. The second-order valence-corrected chi connectivity index (χ2v) is 6.69. The van der Waals surface area contributed by atoms with Crippen LogP contribution in [-0.4, -0.2) is 30.1 Å². The van der Waals surface area contributed by atoms with E-state index < -0.39 is 16.4 Å². The Kier molecular flexibility index (Phi) is 1.84. The van der Waals surface area contributed by atoms with Crippen LogP contribution in [0.15, 0.2) is 36.4 Å². The summed E-state index contributed by atoms with van der Waals surface area (Å²) >= 11 is 5.87. The molecule has 5 rings (SSSR count). The number of Topliss-reactive ketones (excluding diaryl/α,β-unsaturated/α-hetero) is 1. The van der Waals surface area contributed by atoms with Gasteiger partial charge in [-0.15, -0.1) is 0 Å². The number of halogens is 1. The lowest BCUT2D eigenvalue weighted by Gasteiger charge is -2.21. The smallest absolute Gasteiger partial charge is 0.316 e. The molecule has 4 aliphatic rings. The van der Waals surface area contributed by atoms with E-state index in [1.165, 1.54) is 0 Å². The monoisotopic (exact) mass is 302 g/mol. The van der Waals surface area contributed by atoms with E-state index in [1.54, 1.807) is 24.3 Å². The van der Waals surface area contributed by atoms with Gasteiger partial charge in [-0.3, -0.25) is 9.59 Å². The summed E-state index contributed by atoms with van der Waals surface area (Å²) in [7, 11) is 0. The highest BCUT2D eigenvalue weighted by Gasteiger charge is 2.94. The van der Waals surface area contributed by atoms with Gasteiger partial charge >= 0.3 is 5.97 Å². The number of carbonyl (C=O) groups is 2. The maximum atomic E-state index is 13.0. The van der Waals surface area contributed by atoms with E-state index >= 15 is 0 Å². The third-order valence-electron chi connectivity index (χ3n) is 5.54. The zero-order valence-corrected chi connectivity index (χ0v) is 11.7. The van der Waals surface area contributed by atoms with E-state index in [0.29, 0.717) is 17.0 Å². The van der Waals surface area contributed by atoms with Gasteiger partial charge in [0, 0.05) is 10.6 Å². The summed E-state index contributed by atoms with van der Waals surface area (Å²) in [6.45, 7) is 0.217. The summed E-state index contributed by atoms with van der Waals surface area (Å²) in [6, 6.07) is 6.78. The molecule has 4 nitrogen and oxygen atoms in total. The summed E-state index contributed by atoms with van der Waals surface area (Å²) < 4.78 is 11.2. The van der Waals surface area contributed by atoms with Crippen molar-refractivity contribution in [3.63, 3.8) is 0 Å². The van der Waals surface area contributed by atoms with E-state index in [2.05, 4.69) is 0 Å². The number of hydrogen-bond acceptors (Lipinski definition) is 4. The number of carbonyl (C=O) groups excluding carboxylic acids is 2. The fourth-order valence-corrected chi connectivity index (χ4v) is 4.62. The minimum absolute atomic E-state index is 0.0470. The highest BCUT2D eigenvalue weighted by atomic mass is 35.5. The van der Waals surface area contributed by atoms with Crippen molar-refractivity contribution in [2.75, 3.05) is 6.61 Å². The predicted octanol–water partition coefficient (Wildman–Crippen LogP) is 2.16. The minimum Gasteiger partial charge on any atom is -0.462 e. The fourth-order valence-electron chi connectivity index (χ4n) is 4.49. The van der Waals surface area contributed by atoms with Crippen LogP contribution in [0.2, 0.25) is 5.02 Å². The van der Waals surface area contributed by atoms with Gasteiger partial charge in [-0.2, -0.15) is 0 Å². The zero-order chi connectivity index (χ0) is 14.5. The Morgan fingerprint density at radius 1 is 1.29 bits per heavy atom. The predicted molar refractivity (Wildman–Crippen MR) is 73.0 cm³/mol. The van der Waals surface area contributed by atoms with Crippen molar-refractivity contribution < 1.29 is 19.1 Å². The molecule has 1 aromatic rings. The van der Waals surface area contributed by atoms with Gasteiger partial charge in [-0.1, -0.05) is 17.7 Å². The first-order valence-electron chi connectivity index (χ1n) is 6.91. The molecule has 0 N–H and O–H groups in total. The van der Waals surface area contributed by atoms with Crippen LogP contribution >= 0.6 is 11.6 Å². The fraction of sp³-hybridized carbons (Fsp3) is 0.375. The van der Waals surface area contributed by atoms with E-state index in [1.807, 2.05) is 12.2 Å². The molecule has 3 aliphatic heterocycles. The summed E-state index contributed by atoms with van der Waals surface area (Å²) in [5, 5.41) is 0.579. The zero-order valence-electron chi connectivity index (χ0n) is 11.0. The number of fused-ring (bicyclic) bond motifs is 2. The Labute approximate surface area is 125 Å². The molecule has 5 heteroatoms. The van der Waals surface area contributed by atoms with Crippen molar-refractivity contribution in [2.24, 2.45) is 10.8 Å². The molecule has 0 amide bonds. The molecule has 2 spiro atoms. The molecule has 0 radical (unpaired) electrons. The molecule has 0 aromatic heterocycles. The number of cyclic esters (lactones) is 1. The first kappa shape index (κ1) is 12.0. The minimum atomic E-state index is -0.809. The molecule has 1 aromatic carbocycles. The Hall–Kier alpha value is -1.65. The molecule has 21 heavy (non-hydrogen) atoms. The van der Waals surface area contributed by atoms with Crippen LogP contribution in [0.25, 0.3) is 0 Å². The number of ketones is 1. The van der Waals surface area contributed by atoms with Gasteiger partial charge in [0.1, 0.15) is 17.6 Å². The van der Waals surface area contributed by atoms with Crippen LogP contribution in [0.4, 0.5) is 0 Å². The second-order valence-electron chi connectivity index (χ2n) is 6.25. The Balaban J connectivity index is 1.65. The van der Waals surface area contributed by atoms with Crippen molar-refractivity contribution >= 4 is 23.4 Å². The van der Waals surface area contributed by atoms with Crippen molar-refractivity contribution in [1.29, 1.82) is 0 Å². The molecule has 0 unspecified atom stereocenters. The maximum Gasteiger partial charge on any atom is 0.316 e.